The van der Waals surface area contributed by atoms with Gasteiger partial charge in [0.15, 0.2) is 11.0 Å². The van der Waals surface area contributed by atoms with Crippen molar-refractivity contribution in [2.24, 2.45) is 4.40 Å². The maximum absolute atomic E-state index is 10.8. The Morgan fingerprint density at radius 2 is 2.45 bits per heavy atom. The van der Waals surface area contributed by atoms with E-state index in [-0.39, 0.29) is 0 Å². The Kier molecular flexibility index (Phi) is 1.67. The Morgan fingerprint density at radius 3 is 3.00 bits per heavy atom. The second-order valence-electron chi connectivity index (χ2n) is 1.94. The van der Waals surface area contributed by atoms with Gasteiger partial charge in [-0.25, -0.2) is 4.21 Å². The average molecular weight is 184 g/mol. The number of hydrogen-bond donors (Lipinski definition) is 0. The van der Waals surface area contributed by atoms with E-state index in [1.807, 2.05) is 11.4 Å². The fourth-order valence-electron chi connectivity index (χ4n) is 0.757. The molecular formula is C6H4N2OS2. The molecule has 0 saturated carbocycles. The van der Waals surface area contributed by atoms with Crippen molar-refractivity contribution in [2.75, 3.05) is 0 Å². The van der Waals surface area contributed by atoms with Crippen LogP contribution in [0.2, 0.25) is 0 Å². The second-order valence-corrected chi connectivity index (χ2v) is 3.61. The molecule has 0 saturated heterocycles. The predicted molar refractivity (Wildman–Crippen MR) is 45.9 cm³/mol. The van der Waals surface area contributed by atoms with Gasteiger partial charge in [-0.3, -0.25) is 0 Å². The standard InChI is InChI=1S/C6H4N2OS2/c9-11-4-2-6(8-11)5-1-3-10-7-5/h1-4H. The van der Waals surface area contributed by atoms with E-state index in [1.165, 1.54) is 11.5 Å². The van der Waals surface area contributed by atoms with Gasteiger partial charge in [0.25, 0.3) is 0 Å². The lowest BCUT2D eigenvalue weighted by molar-refractivity contribution is 0.690. The quantitative estimate of drug-likeness (QED) is 0.656. The highest BCUT2D eigenvalue weighted by molar-refractivity contribution is 7.87. The molecule has 0 bridgehead atoms. The Balaban J connectivity index is 2.40. The minimum Gasteiger partial charge on any atom is -0.230 e. The summed E-state index contributed by atoms with van der Waals surface area (Å²) in [7, 11) is -1.17. The van der Waals surface area contributed by atoms with Gasteiger partial charge in [0.1, 0.15) is 11.4 Å². The second kappa shape index (κ2) is 2.67. The lowest BCUT2D eigenvalue weighted by Gasteiger charge is -1.85. The Labute approximate surface area is 70.2 Å². The fourth-order valence-corrected chi connectivity index (χ4v) is 1.93. The van der Waals surface area contributed by atoms with Crippen LogP contribution in [0.3, 0.4) is 0 Å². The summed E-state index contributed by atoms with van der Waals surface area (Å²) in [5, 5.41) is 3.42. The molecule has 0 amide bonds. The van der Waals surface area contributed by atoms with Gasteiger partial charge < -0.3 is 0 Å². The molecule has 1 aromatic rings. The van der Waals surface area contributed by atoms with Crippen LogP contribution in [-0.2, 0) is 11.0 Å². The molecule has 1 unspecified atom stereocenters. The van der Waals surface area contributed by atoms with Crippen LogP contribution in [0.5, 0.6) is 0 Å². The highest BCUT2D eigenvalue weighted by atomic mass is 32.2. The number of nitrogens with zero attached hydrogens (tertiary/aromatic N) is 2. The summed E-state index contributed by atoms with van der Waals surface area (Å²) in [6, 6.07) is 1.86. The highest BCUT2D eigenvalue weighted by Gasteiger charge is 2.08. The van der Waals surface area contributed by atoms with Crippen molar-refractivity contribution in [3.05, 3.63) is 28.6 Å². The molecule has 11 heavy (non-hydrogen) atoms. The third-order valence-electron chi connectivity index (χ3n) is 1.23. The van der Waals surface area contributed by atoms with Crippen molar-refractivity contribution in [3.63, 3.8) is 0 Å². The van der Waals surface area contributed by atoms with Crippen LogP contribution >= 0.6 is 11.5 Å². The summed E-state index contributed by atoms with van der Waals surface area (Å²) in [4.78, 5) is 0. The molecule has 0 N–H and O–H groups in total. The van der Waals surface area contributed by atoms with E-state index in [0.717, 1.165) is 5.69 Å². The summed E-state index contributed by atoms with van der Waals surface area (Å²) in [6.07, 6.45) is 1.73. The first kappa shape index (κ1) is 6.87. The number of aromatic nitrogens is 1. The molecule has 0 fully saturated rings. The van der Waals surface area contributed by atoms with E-state index in [9.17, 15) is 4.21 Å². The lowest BCUT2D eigenvalue weighted by Crippen LogP contribution is -1.92. The monoisotopic (exact) mass is 184 g/mol. The van der Waals surface area contributed by atoms with Crippen LogP contribution in [0, 0.1) is 0 Å². The maximum atomic E-state index is 10.8. The third-order valence-corrected chi connectivity index (χ3v) is 2.54. The van der Waals surface area contributed by atoms with Crippen molar-refractivity contribution in [1.29, 1.82) is 0 Å². The Bertz CT molecular complexity index is 339. The van der Waals surface area contributed by atoms with Crippen LogP contribution in [0.4, 0.5) is 0 Å². The van der Waals surface area contributed by atoms with Gasteiger partial charge >= 0.3 is 0 Å². The van der Waals surface area contributed by atoms with Crippen LogP contribution in [0.1, 0.15) is 5.69 Å². The first-order valence-corrected chi connectivity index (χ1v) is 4.95. The topological polar surface area (TPSA) is 42.3 Å². The van der Waals surface area contributed by atoms with Crippen LogP contribution in [-0.4, -0.2) is 14.3 Å². The zero-order valence-electron chi connectivity index (χ0n) is 5.43. The summed E-state index contributed by atoms with van der Waals surface area (Å²) in [6.45, 7) is 0. The zero-order chi connectivity index (χ0) is 7.68. The summed E-state index contributed by atoms with van der Waals surface area (Å²) < 4.78 is 18.7. The van der Waals surface area contributed by atoms with E-state index >= 15 is 0 Å². The van der Waals surface area contributed by atoms with Crippen molar-refractivity contribution >= 4 is 28.2 Å². The van der Waals surface area contributed by atoms with Crippen molar-refractivity contribution in [2.45, 2.75) is 0 Å². The van der Waals surface area contributed by atoms with E-state index in [0.29, 0.717) is 5.71 Å². The summed E-state index contributed by atoms with van der Waals surface area (Å²) in [5.41, 5.74) is 1.52. The molecule has 1 aromatic heterocycles. The highest BCUT2D eigenvalue weighted by Crippen LogP contribution is 2.09. The van der Waals surface area contributed by atoms with Crippen LogP contribution in [0.25, 0.3) is 0 Å². The molecule has 0 aliphatic carbocycles. The first-order valence-electron chi connectivity index (χ1n) is 2.94. The molecule has 1 aliphatic rings. The Hall–Kier alpha value is -0.810. The number of rotatable bonds is 1. The van der Waals surface area contributed by atoms with Crippen LogP contribution < -0.4 is 0 Å². The van der Waals surface area contributed by atoms with Gasteiger partial charge in [-0.2, -0.15) is 8.77 Å². The normalized spacial score (nSPS) is 22.2. The molecule has 3 nitrogen and oxygen atoms in total. The van der Waals surface area contributed by atoms with Crippen LogP contribution in [0.15, 0.2) is 27.3 Å². The minimum absolute atomic E-state index is 0.713. The van der Waals surface area contributed by atoms with Crippen molar-refractivity contribution in [1.82, 2.24) is 4.37 Å². The molecule has 1 aliphatic heterocycles. The smallest absolute Gasteiger partial charge is 0.165 e. The summed E-state index contributed by atoms with van der Waals surface area (Å²) in [5.74, 6) is 0. The van der Waals surface area contributed by atoms with Gasteiger partial charge in [-0.05, 0) is 23.7 Å². The minimum atomic E-state index is -1.17. The molecule has 2 rings (SSSR count). The summed E-state index contributed by atoms with van der Waals surface area (Å²) >= 11 is 1.36. The largest absolute Gasteiger partial charge is 0.230 e. The van der Waals surface area contributed by atoms with E-state index in [4.69, 9.17) is 0 Å². The van der Waals surface area contributed by atoms with Gasteiger partial charge in [0.05, 0.1) is 0 Å². The molecule has 56 valence electrons. The van der Waals surface area contributed by atoms with Crippen molar-refractivity contribution in [3.8, 4) is 0 Å². The Morgan fingerprint density at radius 1 is 1.55 bits per heavy atom. The molecule has 1 atom stereocenters. The lowest BCUT2D eigenvalue weighted by atomic mass is 10.3. The number of allylic oxidation sites excluding steroid dienone is 1. The van der Waals surface area contributed by atoms with E-state index in [2.05, 4.69) is 8.77 Å². The molecule has 0 spiro atoms. The molecule has 0 radical (unpaired) electrons. The van der Waals surface area contributed by atoms with Gasteiger partial charge in [0.2, 0.25) is 0 Å². The predicted octanol–water partition coefficient (Wildman–Crippen LogP) is 1.12. The van der Waals surface area contributed by atoms with Gasteiger partial charge in [0, 0.05) is 10.8 Å². The molecule has 0 aromatic carbocycles. The van der Waals surface area contributed by atoms with Gasteiger partial charge in [-0.1, -0.05) is 0 Å². The zero-order valence-corrected chi connectivity index (χ0v) is 7.06. The fraction of sp³-hybridized carbons (Fsp3) is 0. The van der Waals surface area contributed by atoms with Crippen molar-refractivity contribution < 1.29 is 4.21 Å². The van der Waals surface area contributed by atoms with E-state index in [1.54, 1.807) is 11.5 Å². The third kappa shape index (κ3) is 1.29. The SMILES string of the molecule is O=S1C=CC(c2ccsn2)=N1. The number of hydrogen-bond acceptors (Lipinski definition) is 3. The maximum Gasteiger partial charge on any atom is 0.165 e. The average Bonchev–Trinajstić information content (AvgIpc) is 2.55. The molecule has 2 heterocycles. The van der Waals surface area contributed by atoms with Gasteiger partial charge in [-0.15, -0.1) is 0 Å². The first-order chi connectivity index (χ1) is 5.36. The molecular weight excluding hydrogens is 180 g/mol. The molecule has 5 heteroatoms. The van der Waals surface area contributed by atoms with E-state index < -0.39 is 11.0 Å².